The predicted molar refractivity (Wildman–Crippen MR) is 114 cm³/mol. The molecule has 0 unspecified atom stereocenters. The van der Waals surface area contributed by atoms with Gasteiger partial charge >= 0.3 is 0 Å². The normalized spacial score (nSPS) is 12.1. The number of rotatable bonds is 10. The van der Waals surface area contributed by atoms with Gasteiger partial charge in [0.15, 0.2) is 0 Å². The molecule has 8 heteroatoms. The summed E-state index contributed by atoms with van der Waals surface area (Å²) in [7, 11) is -0.351. The quantitative estimate of drug-likeness (QED) is 0.638. The van der Waals surface area contributed by atoms with Gasteiger partial charge in [-0.15, -0.1) is 0 Å². The number of methoxy groups -OCH3 is 2. The smallest absolute Gasteiger partial charge is 0.232 e. The lowest BCUT2D eigenvalue weighted by molar-refractivity contribution is -0.121. The zero-order valence-electron chi connectivity index (χ0n) is 17.2. The van der Waals surface area contributed by atoms with Gasteiger partial charge in [0, 0.05) is 19.0 Å². The van der Waals surface area contributed by atoms with Crippen molar-refractivity contribution in [3.63, 3.8) is 0 Å². The lowest BCUT2D eigenvalue weighted by Crippen LogP contribution is -2.32. The maximum atomic E-state index is 12.3. The molecule has 0 radical (unpaired) electrons. The Bertz CT molecular complexity index is 913. The fourth-order valence-electron chi connectivity index (χ4n) is 2.92. The van der Waals surface area contributed by atoms with Crippen LogP contribution in [0.4, 0.5) is 5.69 Å². The fourth-order valence-corrected chi connectivity index (χ4v) is 3.88. The van der Waals surface area contributed by atoms with Crippen LogP contribution in [0.2, 0.25) is 0 Å². The molecule has 2 aromatic rings. The first-order chi connectivity index (χ1) is 13.7. The molecule has 1 amide bonds. The lowest BCUT2D eigenvalue weighted by Gasteiger charge is -2.23. The van der Waals surface area contributed by atoms with Crippen LogP contribution in [-0.2, 0) is 14.8 Å². The number of carbonyl (C=O) groups excluding carboxylic acids is 1. The van der Waals surface area contributed by atoms with Crippen molar-refractivity contribution >= 4 is 21.6 Å². The first-order valence-electron chi connectivity index (χ1n) is 9.29. The molecule has 0 aliphatic rings. The van der Waals surface area contributed by atoms with E-state index in [1.54, 1.807) is 31.4 Å². The van der Waals surface area contributed by atoms with Crippen molar-refractivity contribution in [2.75, 3.05) is 31.3 Å². The van der Waals surface area contributed by atoms with Crippen LogP contribution in [0.5, 0.6) is 11.5 Å². The summed E-state index contributed by atoms with van der Waals surface area (Å²) in [6, 6.07) is 14.2. The molecule has 0 bridgehead atoms. The van der Waals surface area contributed by atoms with E-state index in [4.69, 9.17) is 9.47 Å². The van der Waals surface area contributed by atoms with Crippen molar-refractivity contribution < 1.29 is 22.7 Å². The van der Waals surface area contributed by atoms with E-state index in [-0.39, 0.29) is 24.9 Å². The molecule has 29 heavy (non-hydrogen) atoms. The summed E-state index contributed by atoms with van der Waals surface area (Å²) in [5.41, 5.74) is 1.48. The molecule has 0 aromatic heterocycles. The van der Waals surface area contributed by atoms with Crippen LogP contribution in [0.3, 0.4) is 0 Å². The second-order valence-electron chi connectivity index (χ2n) is 6.70. The molecule has 0 saturated carbocycles. The summed E-state index contributed by atoms with van der Waals surface area (Å²) < 4.78 is 36.0. The average Bonchev–Trinajstić information content (AvgIpc) is 2.70. The minimum Gasteiger partial charge on any atom is -0.497 e. The minimum atomic E-state index is -3.48. The van der Waals surface area contributed by atoms with E-state index in [1.165, 1.54) is 11.4 Å². The van der Waals surface area contributed by atoms with Gasteiger partial charge < -0.3 is 14.8 Å². The standard InChI is InChI=1S/C21H28N2O5S/c1-16(17-10-12-19(27-2)13-11-17)22-21(24)9-6-14-23(29(4,25)26)18-7-5-8-20(15-18)28-3/h5,7-8,10-13,15-16H,6,9,14H2,1-4H3,(H,22,24)/t16-/m1/s1. The van der Waals surface area contributed by atoms with Crippen LogP contribution >= 0.6 is 0 Å². The summed E-state index contributed by atoms with van der Waals surface area (Å²) in [5, 5.41) is 2.94. The van der Waals surface area contributed by atoms with Gasteiger partial charge in [0.25, 0.3) is 0 Å². The highest BCUT2D eigenvalue weighted by atomic mass is 32.2. The maximum Gasteiger partial charge on any atom is 0.232 e. The Morgan fingerprint density at radius 2 is 1.72 bits per heavy atom. The molecule has 2 aromatic carbocycles. The number of carbonyl (C=O) groups is 1. The van der Waals surface area contributed by atoms with Crippen LogP contribution in [-0.4, -0.2) is 41.3 Å². The van der Waals surface area contributed by atoms with Crippen LogP contribution in [0.15, 0.2) is 48.5 Å². The molecule has 158 valence electrons. The molecule has 1 atom stereocenters. The van der Waals surface area contributed by atoms with E-state index < -0.39 is 10.0 Å². The van der Waals surface area contributed by atoms with Crippen LogP contribution in [0.25, 0.3) is 0 Å². The Hall–Kier alpha value is -2.74. The first kappa shape index (κ1) is 22.5. The largest absolute Gasteiger partial charge is 0.497 e. The van der Waals surface area contributed by atoms with E-state index in [2.05, 4.69) is 5.32 Å². The Kier molecular flexibility index (Phi) is 7.90. The number of sulfonamides is 1. The SMILES string of the molecule is COc1ccc([C@@H](C)NC(=O)CCCN(c2cccc(OC)c2)S(C)(=O)=O)cc1. The van der Waals surface area contributed by atoms with E-state index in [1.807, 2.05) is 31.2 Å². The molecule has 2 rings (SSSR count). The zero-order chi connectivity index (χ0) is 21.4. The van der Waals surface area contributed by atoms with Gasteiger partial charge in [-0.05, 0) is 43.2 Å². The molecule has 0 aliphatic heterocycles. The van der Waals surface area contributed by atoms with Crippen molar-refractivity contribution in [1.82, 2.24) is 5.32 Å². The molecule has 1 N–H and O–H groups in total. The topological polar surface area (TPSA) is 84.9 Å². The number of hydrogen-bond donors (Lipinski definition) is 1. The Balaban J connectivity index is 1.93. The van der Waals surface area contributed by atoms with Crippen LogP contribution in [0.1, 0.15) is 31.4 Å². The molecular formula is C21H28N2O5S. The molecule has 0 aliphatic carbocycles. The van der Waals surface area contributed by atoms with Gasteiger partial charge in [-0.3, -0.25) is 9.10 Å². The predicted octanol–water partition coefficient (Wildman–Crippen LogP) is 3.13. The number of hydrogen-bond acceptors (Lipinski definition) is 5. The number of anilines is 1. The summed E-state index contributed by atoms with van der Waals surface area (Å²) in [5.74, 6) is 1.19. The Morgan fingerprint density at radius 1 is 1.07 bits per heavy atom. The highest BCUT2D eigenvalue weighted by Gasteiger charge is 2.18. The van der Waals surface area contributed by atoms with E-state index >= 15 is 0 Å². The highest BCUT2D eigenvalue weighted by Crippen LogP contribution is 2.23. The first-order valence-corrected chi connectivity index (χ1v) is 11.1. The van der Waals surface area contributed by atoms with Crippen molar-refractivity contribution in [3.05, 3.63) is 54.1 Å². The molecule has 0 heterocycles. The second kappa shape index (κ2) is 10.2. The van der Waals surface area contributed by atoms with E-state index in [0.717, 1.165) is 17.6 Å². The average molecular weight is 421 g/mol. The summed E-state index contributed by atoms with van der Waals surface area (Å²) in [6.07, 6.45) is 1.76. The number of nitrogens with zero attached hydrogens (tertiary/aromatic N) is 1. The van der Waals surface area contributed by atoms with Crippen molar-refractivity contribution in [3.8, 4) is 11.5 Å². The monoisotopic (exact) mass is 420 g/mol. The molecule has 0 spiro atoms. The molecular weight excluding hydrogens is 392 g/mol. The van der Waals surface area contributed by atoms with E-state index in [0.29, 0.717) is 17.9 Å². The Morgan fingerprint density at radius 3 is 2.31 bits per heavy atom. The fraction of sp³-hybridized carbons (Fsp3) is 0.381. The van der Waals surface area contributed by atoms with Crippen LogP contribution in [0, 0.1) is 0 Å². The van der Waals surface area contributed by atoms with Gasteiger partial charge in [0.2, 0.25) is 15.9 Å². The zero-order valence-corrected chi connectivity index (χ0v) is 18.0. The Labute approximate surface area is 172 Å². The number of ether oxygens (including phenoxy) is 2. The number of benzene rings is 2. The summed E-state index contributed by atoms with van der Waals surface area (Å²) >= 11 is 0. The molecule has 0 fully saturated rings. The van der Waals surface area contributed by atoms with Gasteiger partial charge in [-0.1, -0.05) is 18.2 Å². The maximum absolute atomic E-state index is 12.3. The van der Waals surface area contributed by atoms with E-state index in [9.17, 15) is 13.2 Å². The third-order valence-electron chi connectivity index (χ3n) is 4.50. The van der Waals surface area contributed by atoms with Gasteiger partial charge in [0.1, 0.15) is 11.5 Å². The number of nitrogens with one attached hydrogen (secondary N) is 1. The summed E-state index contributed by atoms with van der Waals surface area (Å²) in [6.45, 7) is 2.11. The minimum absolute atomic E-state index is 0.132. The highest BCUT2D eigenvalue weighted by molar-refractivity contribution is 7.92. The van der Waals surface area contributed by atoms with Crippen molar-refractivity contribution in [1.29, 1.82) is 0 Å². The molecule has 7 nitrogen and oxygen atoms in total. The van der Waals surface area contributed by atoms with Crippen molar-refractivity contribution in [2.24, 2.45) is 0 Å². The van der Waals surface area contributed by atoms with Gasteiger partial charge in [-0.2, -0.15) is 0 Å². The van der Waals surface area contributed by atoms with Gasteiger partial charge in [-0.25, -0.2) is 8.42 Å². The molecule has 0 saturated heterocycles. The second-order valence-corrected chi connectivity index (χ2v) is 8.61. The number of amides is 1. The van der Waals surface area contributed by atoms with Crippen molar-refractivity contribution in [2.45, 2.75) is 25.8 Å². The lowest BCUT2D eigenvalue weighted by atomic mass is 10.1. The third-order valence-corrected chi connectivity index (χ3v) is 5.69. The summed E-state index contributed by atoms with van der Waals surface area (Å²) in [4.78, 5) is 12.3. The van der Waals surface area contributed by atoms with Crippen LogP contribution < -0.4 is 19.1 Å². The van der Waals surface area contributed by atoms with Gasteiger partial charge in [0.05, 0.1) is 32.2 Å². The third kappa shape index (κ3) is 6.67.